The number of benzene rings is 1. The molecule has 2 aromatic heterocycles. The smallest absolute Gasteiger partial charge is 0.145 e. The van der Waals surface area contributed by atoms with E-state index in [1.165, 1.54) is 44.8 Å². The van der Waals surface area contributed by atoms with Crippen LogP contribution in [0.1, 0.15) is 29.1 Å². The largest absolute Gasteiger partial charge is 0.304 e. The van der Waals surface area contributed by atoms with Gasteiger partial charge in [-0.25, -0.2) is 9.97 Å². The van der Waals surface area contributed by atoms with Gasteiger partial charge in [0.15, 0.2) is 0 Å². The molecule has 0 unspecified atom stereocenters. The van der Waals surface area contributed by atoms with Crippen molar-refractivity contribution in [2.75, 3.05) is 33.2 Å². The Morgan fingerprint density at radius 3 is 2.59 bits per heavy atom. The molecule has 5 rings (SSSR count). The van der Waals surface area contributed by atoms with Gasteiger partial charge in [-0.1, -0.05) is 23.4 Å². The van der Waals surface area contributed by atoms with Gasteiger partial charge < -0.3 is 4.90 Å². The van der Waals surface area contributed by atoms with Crippen LogP contribution < -0.4 is 0 Å². The highest BCUT2D eigenvalue weighted by molar-refractivity contribution is 7.99. The van der Waals surface area contributed by atoms with Gasteiger partial charge in [0.05, 0.1) is 6.54 Å². The van der Waals surface area contributed by atoms with Crippen molar-refractivity contribution in [3.63, 3.8) is 0 Å². The van der Waals surface area contributed by atoms with Gasteiger partial charge in [0.25, 0.3) is 0 Å². The first-order chi connectivity index (χ1) is 14.2. The molecule has 1 aliphatic carbocycles. The SMILES string of the molecule is CN1CCN(Cc2nc(Sc3ccc(Cl)cc3)c3c4c(sc3n2)CCCC4)CC1. The van der Waals surface area contributed by atoms with Crippen LogP contribution in [0.25, 0.3) is 10.2 Å². The second-order valence-corrected chi connectivity index (χ2v) is 10.6. The average Bonchev–Trinajstić information content (AvgIpc) is 3.10. The maximum absolute atomic E-state index is 6.09. The number of likely N-dealkylation sites (N-methyl/N-ethyl adjacent to an activating group) is 1. The molecule has 0 radical (unpaired) electrons. The van der Waals surface area contributed by atoms with Crippen LogP contribution in [0.15, 0.2) is 34.2 Å². The molecule has 3 aromatic rings. The lowest BCUT2D eigenvalue weighted by Crippen LogP contribution is -2.44. The van der Waals surface area contributed by atoms with Crippen molar-refractivity contribution in [1.82, 2.24) is 19.8 Å². The molecule has 0 amide bonds. The van der Waals surface area contributed by atoms with Crippen LogP contribution in [0, 0.1) is 0 Å². The van der Waals surface area contributed by atoms with Crippen molar-refractivity contribution in [1.29, 1.82) is 0 Å². The number of rotatable bonds is 4. The predicted octanol–water partition coefficient (Wildman–Crippen LogP) is 5.12. The molecule has 7 heteroatoms. The minimum absolute atomic E-state index is 0.769. The second kappa shape index (κ2) is 8.52. The van der Waals surface area contributed by atoms with Crippen LogP contribution >= 0.6 is 34.7 Å². The van der Waals surface area contributed by atoms with Crippen molar-refractivity contribution in [2.45, 2.75) is 42.1 Å². The standard InChI is InChI=1S/C22H25ClN4S2/c1-26-10-12-27(13-11-26)14-19-24-21(28-16-8-6-15(23)7-9-16)20-17-4-2-3-5-18(17)29-22(20)25-19/h6-9H,2-5,10-14H2,1H3. The van der Waals surface area contributed by atoms with Crippen LogP contribution in [-0.4, -0.2) is 53.0 Å². The van der Waals surface area contributed by atoms with Crippen LogP contribution in [-0.2, 0) is 19.4 Å². The molecule has 1 saturated heterocycles. The second-order valence-electron chi connectivity index (χ2n) is 7.97. The van der Waals surface area contributed by atoms with Gasteiger partial charge in [0, 0.05) is 46.4 Å². The quantitative estimate of drug-likeness (QED) is 0.521. The van der Waals surface area contributed by atoms with Gasteiger partial charge in [-0.3, -0.25) is 4.90 Å². The molecule has 152 valence electrons. The van der Waals surface area contributed by atoms with E-state index in [0.717, 1.165) is 55.0 Å². The van der Waals surface area contributed by atoms with E-state index in [9.17, 15) is 0 Å². The van der Waals surface area contributed by atoms with Crippen LogP contribution in [0.5, 0.6) is 0 Å². The Balaban J connectivity index is 1.52. The number of aromatic nitrogens is 2. The maximum atomic E-state index is 6.09. The van der Waals surface area contributed by atoms with E-state index in [1.807, 2.05) is 23.5 Å². The van der Waals surface area contributed by atoms with Gasteiger partial charge in [0.1, 0.15) is 15.7 Å². The first kappa shape index (κ1) is 19.8. The molecule has 1 aliphatic heterocycles. The van der Waals surface area contributed by atoms with Crippen LogP contribution in [0.4, 0.5) is 0 Å². The fourth-order valence-corrected chi connectivity index (χ4v) is 6.57. The highest BCUT2D eigenvalue weighted by Crippen LogP contribution is 2.41. The van der Waals surface area contributed by atoms with Crippen LogP contribution in [0.2, 0.25) is 5.02 Å². The van der Waals surface area contributed by atoms with E-state index >= 15 is 0 Å². The third-order valence-electron chi connectivity index (χ3n) is 5.82. The van der Waals surface area contributed by atoms with E-state index in [2.05, 4.69) is 29.0 Å². The number of aryl methyl sites for hydroxylation is 2. The van der Waals surface area contributed by atoms with Crippen molar-refractivity contribution >= 4 is 44.9 Å². The van der Waals surface area contributed by atoms with E-state index in [0.29, 0.717) is 0 Å². The Morgan fingerprint density at radius 2 is 1.79 bits per heavy atom. The Morgan fingerprint density at radius 1 is 1.03 bits per heavy atom. The van der Waals surface area contributed by atoms with Gasteiger partial charge in [-0.2, -0.15) is 0 Å². The molecule has 0 atom stereocenters. The number of hydrogen-bond donors (Lipinski definition) is 0. The van der Waals surface area contributed by atoms with Gasteiger partial charge in [-0.15, -0.1) is 11.3 Å². The summed E-state index contributed by atoms with van der Waals surface area (Å²) in [5, 5.41) is 3.18. The Kier molecular flexibility index (Phi) is 5.80. The molecule has 0 spiro atoms. The van der Waals surface area contributed by atoms with Crippen molar-refractivity contribution in [2.24, 2.45) is 0 Å². The average molecular weight is 445 g/mol. The Bertz CT molecular complexity index is 1010. The first-order valence-corrected chi connectivity index (χ1v) is 12.3. The summed E-state index contributed by atoms with van der Waals surface area (Å²) in [4.78, 5) is 18.8. The minimum atomic E-state index is 0.769. The van der Waals surface area contributed by atoms with E-state index in [-0.39, 0.29) is 0 Å². The zero-order valence-electron chi connectivity index (χ0n) is 16.7. The molecule has 0 bridgehead atoms. The number of thiophene rings is 1. The topological polar surface area (TPSA) is 32.3 Å². The third kappa shape index (κ3) is 4.32. The molecule has 3 heterocycles. The Hall–Kier alpha value is -1.18. The zero-order chi connectivity index (χ0) is 19.8. The molecular formula is C22H25ClN4S2. The van der Waals surface area contributed by atoms with E-state index < -0.39 is 0 Å². The molecule has 4 nitrogen and oxygen atoms in total. The molecule has 1 fully saturated rings. The molecule has 2 aliphatic rings. The number of nitrogens with zero attached hydrogens (tertiary/aromatic N) is 4. The summed E-state index contributed by atoms with van der Waals surface area (Å²) >= 11 is 9.73. The summed E-state index contributed by atoms with van der Waals surface area (Å²) in [6.07, 6.45) is 4.91. The van der Waals surface area contributed by atoms with Gasteiger partial charge in [0.2, 0.25) is 0 Å². The van der Waals surface area contributed by atoms with E-state index in [4.69, 9.17) is 21.6 Å². The number of piperazine rings is 1. The van der Waals surface area contributed by atoms with Crippen molar-refractivity contribution in [3.05, 3.63) is 45.6 Å². The van der Waals surface area contributed by atoms with Crippen LogP contribution in [0.3, 0.4) is 0 Å². The van der Waals surface area contributed by atoms with Gasteiger partial charge in [-0.05, 0) is 62.6 Å². The summed E-state index contributed by atoms with van der Waals surface area (Å²) in [5.74, 6) is 0.956. The summed E-state index contributed by atoms with van der Waals surface area (Å²) < 4.78 is 0. The number of halogens is 1. The lowest BCUT2D eigenvalue weighted by molar-refractivity contribution is 0.145. The predicted molar refractivity (Wildman–Crippen MR) is 122 cm³/mol. The summed E-state index contributed by atoms with van der Waals surface area (Å²) in [5.41, 5.74) is 1.50. The summed E-state index contributed by atoms with van der Waals surface area (Å²) in [6, 6.07) is 8.08. The molecular weight excluding hydrogens is 420 g/mol. The minimum Gasteiger partial charge on any atom is -0.304 e. The molecule has 1 aromatic carbocycles. The van der Waals surface area contributed by atoms with Crippen molar-refractivity contribution in [3.8, 4) is 0 Å². The summed E-state index contributed by atoms with van der Waals surface area (Å²) in [7, 11) is 2.19. The third-order valence-corrected chi connectivity index (χ3v) is 8.25. The summed E-state index contributed by atoms with van der Waals surface area (Å²) in [6.45, 7) is 5.22. The van der Waals surface area contributed by atoms with Gasteiger partial charge >= 0.3 is 0 Å². The highest BCUT2D eigenvalue weighted by atomic mass is 35.5. The monoisotopic (exact) mass is 444 g/mol. The lowest BCUT2D eigenvalue weighted by Gasteiger charge is -2.31. The first-order valence-electron chi connectivity index (χ1n) is 10.3. The molecule has 0 saturated carbocycles. The number of hydrogen-bond acceptors (Lipinski definition) is 6. The fraction of sp³-hybridized carbons (Fsp3) is 0.455. The fourth-order valence-electron chi connectivity index (χ4n) is 4.13. The molecule has 29 heavy (non-hydrogen) atoms. The Labute approximate surface area is 185 Å². The number of fused-ring (bicyclic) bond motifs is 3. The molecule has 0 N–H and O–H groups in total. The zero-order valence-corrected chi connectivity index (χ0v) is 19.0. The van der Waals surface area contributed by atoms with Crippen molar-refractivity contribution < 1.29 is 0 Å². The van der Waals surface area contributed by atoms with E-state index in [1.54, 1.807) is 11.8 Å². The highest BCUT2D eigenvalue weighted by Gasteiger charge is 2.23. The maximum Gasteiger partial charge on any atom is 0.145 e. The lowest BCUT2D eigenvalue weighted by atomic mass is 9.97. The normalized spacial score (nSPS) is 18.3.